The van der Waals surface area contributed by atoms with Crippen molar-refractivity contribution < 1.29 is 21.6 Å². The van der Waals surface area contributed by atoms with E-state index in [1.165, 1.54) is 0 Å². The van der Waals surface area contributed by atoms with Gasteiger partial charge in [0.2, 0.25) is 0 Å². The minimum absolute atomic E-state index is 0. The first-order valence-corrected chi connectivity index (χ1v) is 0.548. The Morgan fingerprint density at radius 2 is 1.33 bits per heavy atom. The fourth-order valence-electron chi connectivity index (χ4n) is 0. The zero-order valence-electron chi connectivity index (χ0n) is 2.99. The van der Waals surface area contributed by atoms with Crippen molar-refractivity contribution in [3.8, 4) is 0 Å². The molecule has 0 heterocycles. The van der Waals surface area contributed by atoms with Crippen LogP contribution in [0.2, 0.25) is 0 Å². The topological polar surface area (TPSA) is 103 Å². The van der Waals surface area contributed by atoms with E-state index in [9.17, 15) is 0 Å². The first-order chi connectivity index (χ1) is 1.73. The van der Waals surface area contributed by atoms with Crippen LogP contribution in [0, 0.1) is 15.3 Å². The largest absolute Gasteiger partial charge is 2.00 e. The first kappa shape index (κ1) is 17.4. The fraction of sp³-hybridized carbons (Fsp3) is 0. The van der Waals surface area contributed by atoms with Gasteiger partial charge in [-0.2, -0.15) is 0 Å². The maximum Gasteiger partial charge on any atom is 2.00 e. The summed E-state index contributed by atoms with van der Waals surface area (Å²) in [5.74, 6) is 0. The van der Waals surface area contributed by atoms with Crippen LogP contribution in [0.4, 0.5) is 0 Å². The van der Waals surface area contributed by atoms with E-state index >= 15 is 0 Å². The maximum absolute atomic E-state index is 8.25. The molecule has 0 aromatic heterocycles. The molecule has 0 saturated carbocycles. The second-order valence-corrected chi connectivity index (χ2v) is 0.224. The molecule has 0 aromatic rings. The number of hydrogen-bond acceptors (Lipinski definition) is 3. The Labute approximate surface area is 44.0 Å². The Hall–Kier alpha value is -0.346. The predicted molar refractivity (Wildman–Crippen MR) is 16.3 cm³/mol. The molecule has 0 fully saturated rings. The molecule has 4 N–H and O–H groups in total. The van der Waals surface area contributed by atoms with Gasteiger partial charge >= 0.3 is 16.5 Å². The second-order valence-electron chi connectivity index (χ2n) is 0.224. The zero-order chi connectivity index (χ0) is 3.58. The normalized spacial score (nSPS) is 4.00. The van der Waals surface area contributed by atoms with Crippen LogP contribution in [0.3, 0.4) is 0 Å². The summed E-state index contributed by atoms with van der Waals surface area (Å²) in [4.78, 5) is 8.25. The second kappa shape index (κ2) is 8.82. The van der Waals surface area contributed by atoms with Crippen LogP contribution in [-0.4, -0.2) is 5.09 Å². The molecule has 0 saturated heterocycles. The van der Waals surface area contributed by atoms with Gasteiger partial charge in [0.15, 0.2) is 0 Å². The third-order valence-corrected chi connectivity index (χ3v) is 0. The van der Waals surface area contributed by atoms with E-state index in [4.69, 9.17) is 15.3 Å². The summed E-state index contributed by atoms with van der Waals surface area (Å²) in [5, 5.41) is 14.8. The Morgan fingerprint density at radius 3 is 1.33 bits per heavy atom. The van der Waals surface area contributed by atoms with Crippen LogP contribution in [0.15, 0.2) is 0 Å². The molecule has 0 aliphatic carbocycles. The van der Waals surface area contributed by atoms with Crippen molar-refractivity contribution in [1.29, 1.82) is 0 Å². The molecule has 0 amide bonds. The van der Waals surface area contributed by atoms with Crippen LogP contribution < -0.4 is 6.15 Å². The average Bonchev–Trinajstić information content (AvgIpc) is 0.811. The Bertz CT molecular complexity index is 31.8. The van der Waals surface area contributed by atoms with E-state index in [2.05, 4.69) is 0 Å². The summed E-state index contributed by atoms with van der Waals surface area (Å²) in [6, 6.07) is 0. The molecule has 0 aliphatic heterocycles. The van der Waals surface area contributed by atoms with Crippen molar-refractivity contribution >= 4 is 0 Å². The third kappa shape index (κ3) is 214. The van der Waals surface area contributed by atoms with Gasteiger partial charge in [0.25, 0.3) is 0 Å². The zero-order valence-corrected chi connectivity index (χ0v) is 3.98. The van der Waals surface area contributed by atoms with E-state index in [1.807, 2.05) is 0 Å². The summed E-state index contributed by atoms with van der Waals surface area (Å²) in [6.07, 6.45) is 0. The van der Waals surface area contributed by atoms with Crippen LogP contribution in [0.25, 0.3) is 0 Å². The van der Waals surface area contributed by atoms with Crippen LogP contribution in [-0.2, 0) is 16.5 Å². The Balaban J connectivity index is -0.0000000450. The van der Waals surface area contributed by atoms with Crippen LogP contribution in [0.5, 0.6) is 0 Å². The molecule has 6 heavy (non-hydrogen) atoms. The molecule has 5 nitrogen and oxygen atoms in total. The van der Waals surface area contributed by atoms with Crippen LogP contribution in [0.1, 0.15) is 0 Å². The molecule has 0 bridgehead atoms. The summed E-state index contributed by atoms with van der Waals surface area (Å²) in [7, 11) is 0. The standard InChI is InChI=1S/NO3.H3N.Ni/c2-1(3)4;;/h;1H3;/q-1;;+2/p+1. The maximum atomic E-state index is 8.25. The summed E-state index contributed by atoms with van der Waals surface area (Å²) in [6.45, 7) is 0. The van der Waals surface area contributed by atoms with Gasteiger partial charge in [0.1, 0.15) is 0 Å². The van der Waals surface area contributed by atoms with Gasteiger partial charge in [-0.1, -0.05) is 0 Å². The third-order valence-electron chi connectivity index (χ3n) is 0. The van der Waals surface area contributed by atoms with Gasteiger partial charge in [0, 0.05) is 0 Å². The van der Waals surface area contributed by atoms with Gasteiger partial charge in [-0.15, -0.1) is 0 Å². The van der Waals surface area contributed by atoms with Gasteiger partial charge < -0.3 is 21.5 Å². The summed E-state index contributed by atoms with van der Waals surface area (Å²) >= 11 is 0. The number of rotatable bonds is 0. The van der Waals surface area contributed by atoms with Crippen molar-refractivity contribution in [1.82, 2.24) is 6.15 Å². The molecule has 0 spiro atoms. The van der Waals surface area contributed by atoms with Crippen molar-refractivity contribution in [2.45, 2.75) is 0 Å². The summed E-state index contributed by atoms with van der Waals surface area (Å²) in [5.41, 5.74) is 0. The number of quaternary nitrogens is 1. The first-order valence-electron chi connectivity index (χ1n) is 0.548. The fourth-order valence-corrected chi connectivity index (χ4v) is 0. The van der Waals surface area contributed by atoms with Gasteiger partial charge in [0.05, 0.1) is 5.09 Å². The van der Waals surface area contributed by atoms with E-state index in [-0.39, 0.29) is 22.6 Å². The molecule has 40 valence electrons. The minimum atomic E-state index is -1.75. The molecule has 0 radical (unpaired) electrons. The van der Waals surface area contributed by atoms with E-state index in [0.717, 1.165) is 0 Å². The molecular weight excluding hydrogens is 135 g/mol. The molecule has 6 heteroatoms. The molecule has 0 unspecified atom stereocenters. The average molecular weight is 139 g/mol. The van der Waals surface area contributed by atoms with Crippen molar-refractivity contribution in [3.05, 3.63) is 15.3 Å². The smallest absolute Gasteiger partial charge is 0.369 e. The Kier molecular flexibility index (Phi) is 25.6. The molecule has 0 atom stereocenters. The monoisotopic (exact) mass is 138 g/mol. The van der Waals surface area contributed by atoms with E-state index < -0.39 is 5.09 Å². The van der Waals surface area contributed by atoms with Crippen molar-refractivity contribution in [2.75, 3.05) is 0 Å². The molecule has 0 rings (SSSR count). The number of hydrogen-bond donors (Lipinski definition) is 1. The van der Waals surface area contributed by atoms with E-state index in [1.54, 1.807) is 0 Å². The SMILES string of the molecule is O=[N+]([O-])[O-].[NH4+].[Ni+2]. The summed E-state index contributed by atoms with van der Waals surface area (Å²) < 4.78 is 0. The van der Waals surface area contributed by atoms with Crippen LogP contribution >= 0.6 is 0 Å². The molecule has 0 aromatic carbocycles. The molecular formula is H4N2NiO3+2. The molecule has 0 aliphatic rings. The quantitative estimate of drug-likeness (QED) is 0.293. The van der Waals surface area contributed by atoms with Gasteiger partial charge in [-0.25, -0.2) is 0 Å². The number of nitrogens with zero attached hydrogens (tertiary/aromatic N) is 1. The minimum Gasteiger partial charge on any atom is -0.369 e. The van der Waals surface area contributed by atoms with Gasteiger partial charge in [-0.3, -0.25) is 0 Å². The van der Waals surface area contributed by atoms with E-state index in [0.29, 0.717) is 0 Å². The van der Waals surface area contributed by atoms with Crippen molar-refractivity contribution in [3.63, 3.8) is 0 Å². The van der Waals surface area contributed by atoms with Gasteiger partial charge in [-0.05, 0) is 0 Å². The van der Waals surface area contributed by atoms with Crippen molar-refractivity contribution in [2.24, 2.45) is 0 Å². The Morgan fingerprint density at radius 1 is 1.33 bits per heavy atom. The predicted octanol–water partition coefficient (Wildman–Crippen LogP) is 0.135.